The molecule has 48 heavy (non-hydrogen) atoms. The summed E-state index contributed by atoms with van der Waals surface area (Å²) in [5, 5.41) is 13.3. The van der Waals surface area contributed by atoms with E-state index in [1.165, 1.54) is 0 Å². The number of aromatic nitrogens is 4. The summed E-state index contributed by atoms with van der Waals surface area (Å²) >= 11 is 14.1. The van der Waals surface area contributed by atoms with Crippen molar-refractivity contribution in [3.63, 3.8) is 0 Å². The van der Waals surface area contributed by atoms with Crippen molar-refractivity contribution in [1.29, 1.82) is 0 Å². The molecule has 6 rings (SSSR count). The molecule has 4 heterocycles. The predicted octanol–water partition coefficient (Wildman–Crippen LogP) is 4.04. The van der Waals surface area contributed by atoms with Crippen LogP contribution < -0.4 is 30.7 Å². The second-order valence-corrected chi connectivity index (χ2v) is 12.5. The zero-order valence-electron chi connectivity index (χ0n) is 26.6. The van der Waals surface area contributed by atoms with Gasteiger partial charge in [-0.05, 0) is 11.8 Å². The summed E-state index contributed by atoms with van der Waals surface area (Å²) in [6, 6.07) is 11.3. The van der Waals surface area contributed by atoms with Crippen LogP contribution in [0, 0.1) is 11.8 Å². The van der Waals surface area contributed by atoms with Gasteiger partial charge in [0.05, 0.1) is 48.0 Å². The highest BCUT2D eigenvalue weighted by Gasteiger charge is 2.23. The van der Waals surface area contributed by atoms with E-state index in [1.807, 2.05) is 36.4 Å². The van der Waals surface area contributed by atoms with Gasteiger partial charge in [0.2, 0.25) is 23.6 Å². The molecule has 0 spiro atoms. The number of rotatable bonds is 13. The summed E-state index contributed by atoms with van der Waals surface area (Å²) in [4.78, 5) is 41.6. The van der Waals surface area contributed by atoms with Crippen molar-refractivity contribution in [3.05, 3.63) is 70.2 Å². The van der Waals surface area contributed by atoms with Crippen LogP contribution in [-0.2, 0) is 22.7 Å². The Labute approximate surface area is 288 Å². The van der Waals surface area contributed by atoms with E-state index < -0.39 is 0 Å². The van der Waals surface area contributed by atoms with E-state index in [9.17, 15) is 9.59 Å². The average molecular weight is 692 g/mol. The first-order valence-electron chi connectivity index (χ1n) is 15.7. The standard InChI is InChI=1S/C34H36Cl2N8O4/c1-47-33-27(15-37-11-19-9-29(45)41-13-19)39-17-25(43-33)23-7-3-5-21(31(23)35)22-6-4-8-24(32(22)36)26-18-40-28(34(44-26)48-2)16-38-12-20-10-30(46)42-14-20/h3-8,17-20,37-38H,9-16H2,1-2H3,(H,41,45)(H,42,46)/t19-,20-/m1/s1. The second kappa shape index (κ2) is 15.2. The van der Waals surface area contributed by atoms with E-state index in [-0.39, 0.29) is 23.7 Å². The third-order valence-corrected chi connectivity index (χ3v) is 9.24. The smallest absolute Gasteiger partial charge is 0.237 e. The van der Waals surface area contributed by atoms with Crippen LogP contribution in [0.4, 0.5) is 0 Å². The maximum atomic E-state index is 11.5. The fourth-order valence-electron chi connectivity index (χ4n) is 5.91. The number of amides is 2. The highest BCUT2D eigenvalue weighted by molar-refractivity contribution is 6.39. The molecule has 2 fully saturated rings. The summed E-state index contributed by atoms with van der Waals surface area (Å²) in [6.07, 6.45) is 4.38. The Balaban J connectivity index is 1.20. The third kappa shape index (κ3) is 7.52. The lowest BCUT2D eigenvalue weighted by molar-refractivity contribution is -0.120. The minimum atomic E-state index is 0.0800. The van der Waals surface area contributed by atoms with Crippen LogP contribution in [0.2, 0.25) is 10.0 Å². The first kappa shape index (κ1) is 33.5. The van der Waals surface area contributed by atoms with Gasteiger partial charge in [-0.2, -0.15) is 0 Å². The number of halogens is 2. The number of benzene rings is 2. The van der Waals surface area contributed by atoms with Gasteiger partial charge in [0.15, 0.2) is 0 Å². The molecule has 0 unspecified atom stereocenters. The van der Waals surface area contributed by atoms with Gasteiger partial charge in [-0.25, -0.2) is 9.97 Å². The fourth-order valence-corrected chi connectivity index (χ4v) is 6.56. The summed E-state index contributed by atoms with van der Waals surface area (Å²) in [5.74, 6) is 1.43. The van der Waals surface area contributed by atoms with Gasteiger partial charge in [0.25, 0.3) is 0 Å². The van der Waals surface area contributed by atoms with Gasteiger partial charge >= 0.3 is 0 Å². The Morgan fingerprint density at radius 3 is 1.50 bits per heavy atom. The topological polar surface area (TPSA) is 152 Å². The Morgan fingerprint density at radius 2 is 1.12 bits per heavy atom. The van der Waals surface area contributed by atoms with Crippen LogP contribution in [0.3, 0.4) is 0 Å². The first-order valence-corrected chi connectivity index (χ1v) is 16.4. The lowest BCUT2D eigenvalue weighted by Gasteiger charge is -2.15. The van der Waals surface area contributed by atoms with Crippen molar-refractivity contribution in [2.75, 3.05) is 40.4 Å². The molecule has 2 aromatic carbocycles. The number of carbonyl (C=O) groups excluding carboxylic acids is 2. The van der Waals surface area contributed by atoms with Crippen LogP contribution in [0.5, 0.6) is 11.8 Å². The molecule has 12 nitrogen and oxygen atoms in total. The Bertz CT molecular complexity index is 1690. The molecular weight excluding hydrogens is 655 g/mol. The minimum Gasteiger partial charge on any atom is -0.480 e. The van der Waals surface area contributed by atoms with E-state index in [4.69, 9.17) is 42.6 Å². The number of nitrogens with one attached hydrogen (secondary N) is 4. The zero-order valence-corrected chi connectivity index (χ0v) is 28.1. The molecule has 2 amide bonds. The van der Waals surface area contributed by atoms with Crippen molar-refractivity contribution in [1.82, 2.24) is 41.2 Å². The number of methoxy groups -OCH3 is 2. The SMILES string of the molecule is COc1nc(-c2cccc(-c3cccc(-c4cnc(CNC[C@@H]5CNC(=O)C5)c(OC)n4)c3Cl)c2Cl)cnc1CNC[C@@H]1CNC(=O)C1. The molecule has 14 heteroatoms. The number of ether oxygens (including phenoxy) is 2. The van der Waals surface area contributed by atoms with Gasteiger partial charge in [-0.1, -0.05) is 59.6 Å². The van der Waals surface area contributed by atoms with E-state index in [0.29, 0.717) is 119 Å². The zero-order chi connectivity index (χ0) is 33.6. The van der Waals surface area contributed by atoms with Gasteiger partial charge in [-0.3, -0.25) is 19.6 Å². The number of carbonyl (C=O) groups is 2. The quantitative estimate of drug-likeness (QED) is 0.162. The van der Waals surface area contributed by atoms with E-state index >= 15 is 0 Å². The summed E-state index contributed by atoms with van der Waals surface area (Å²) < 4.78 is 11.2. The van der Waals surface area contributed by atoms with Gasteiger partial charge < -0.3 is 30.7 Å². The van der Waals surface area contributed by atoms with Crippen LogP contribution in [-0.4, -0.2) is 72.1 Å². The van der Waals surface area contributed by atoms with Crippen LogP contribution in [0.1, 0.15) is 24.2 Å². The lowest BCUT2D eigenvalue weighted by atomic mass is 9.98. The first-order chi connectivity index (χ1) is 23.3. The maximum absolute atomic E-state index is 11.5. The van der Waals surface area contributed by atoms with Gasteiger partial charge in [0, 0.05) is 74.4 Å². The highest BCUT2D eigenvalue weighted by Crippen LogP contribution is 2.42. The molecule has 4 aromatic rings. The second-order valence-electron chi connectivity index (χ2n) is 11.8. The number of nitrogens with zero attached hydrogens (tertiary/aromatic N) is 4. The van der Waals surface area contributed by atoms with Crippen LogP contribution in [0.25, 0.3) is 33.6 Å². The van der Waals surface area contributed by atoms with Crippen molar-refractivity contribution < 1.29 is 19.1 Å². The minimum absolute atomic E-state index is 0.0800. The van der Waals surface area contributed by atoms with E-state index in [0.717, 1.165) is 0 Å². The molecular formula is C34H36Cl2N8O4. The molecule has 2 aliphatic heterocycles. The molecule has 250 valence electrons. The Kier molecular flexibility index (Phi) is 10.7. The van der Waals surface area contributed by atoms with Crippen molar-refractivity contribution in [2.24, 2.45) is 11.8 Å². The Hall–Kier alpha value is -4.36. The number of hydrogen-bond acceptors (Lipinski definition) is 10. The van der Waals surface area contributed by atoms with E-state index in [2.05, 4.69) is 31.2 Å². The molecule has 0 radical (unpaired) electrons. The van der Waals surface area contributed by atoms with Gasteiger partial charge in [0.1, 0.15) is 11.4 Å². The monoisotopic (exact) mass is 690 g/mol. The van der Waals surface area contributed by atoms with Crippen LogP contribution in [0.15, 0.2) is 48.8 Å². The predicted molar refractivity (Wildman–Crippen MR) is 183 cm³/mol. The molecule has 2 aromatic heterocycles. The molecule has 4 N–H and O–H groups in total. The average Bonchev–Trinajstić information content (AvgIpc) is 3.72. The van der Waals surface area contributed by atoms with Gasteiger partial charge in [-0.15, -0.1) is 0 Å². The van der Waals surface area contributed by atoms with Crippen LogP contribution >= 0.6 is 23.2 Å². The lowest BCUT2D eigenvalue weighted by Crippen LogP contribution is -2.24. The largest absolute Gasteiger partial charge is 0.480 e. The summed E-state index contributed by atoms with van der Waals surface area (Å²) in [5.41, 5.74) is 5.19. The molecule has 2 atom stereocenters. The fraction of sp³-hybridized carbons (Fsp3) is 0.353. The highest BCUT2D eigenvalue weighted by atomic mass is 35.5. The van der Waals surface area contributed by atoms with Crippen molar-refractivity contribution in [3.8, 4) is 45.4 Å². The molecule has 0 bridgehead atoms. The molecule has 0 saturated carbocycles. The van der Waals surface area contributed by atoms with E-state index in [1.54, 1.807) is 26.6 Å². The Morgan fingerprint density at radius 1 is 0.708 bits per heavy atom. The molecule has 0 aliphatic carbocycles. The summed E-state index contributed by atoms with van der Waals surface area (Å²) in [6.45, 7) is 3.60. The maximum Gasteiger partial charge on any atom is 0.237 e. The summed E-state index contributed by atoms with van der Waals surface area (Å²) in [7, 11) is 3.11. The number of hydrogen-bond donors (Lipinski definition) is 4. The molecule has 2 saturated heterocycles. The molecule has 2 aliphatic rings. The van der Waals surface area contributed by atoms with Crippen molar-refractivity contribution in [2.45, 2.75) is 25.9 Å². The third-order valence-electron chi connectivity index (χ3n) is 8.42. The normalized spacial score (nSPS) is 17.3. The van der Waals surface area contributed by atoms with Crippen molar-refractivity contribution >= 4 is 35.0 Å².